The monoisotopic (exact) mass is 577 g/mol. The molecule has 7 nitrogen and oxygen atoms in total. The van der Waals surface area contributed by atoms with Gasteiger partial charge >= 0.3 is 0 Å². The third-order valence-electron chi connectivity index (χ3n) is 6.66. The minimum Gasteiger partial charge on any atom is -0.497 e. The topological polar surface area (TPSA) is 71.8 Å². The Hall–Kier alpha value is -3.95. The number of carbonyl (C=O) groups excluding carboxylic acids is 1. The number of benzene rings is 3. The van der Waals surface area contributed by atoms with Crippen LogP contribution in [0.15, 0.2) is 102 Å². The summed E-state index contributed by atoms with van der Waals surface area (Å²) in [6.45, 7) is 4.80. The fourth-order valence-corrected chi connectivity index (χ4v) is 6.16. The number of hydrogen-bond donors (Lipinski definition) is 0. The van der Waals surface area contributed by atoms with E-state index in [2.05, 4.69) is 4.57 Å². The van der Waals surface area contributed by atoms with Gasteiger partial charge in [-0.25, -0.2) is 12.8 Å². The minimum absolute atomic E-state index is 0.0271. The average molecular weight is 578 g/mol. The van der Waals surface area contributed by atoms with Gasteiger partial charge in [0.2, 0.25) is 15.9 Å². The summed E-state index contributed by atoms with van der Waals surface area (Å²) in [6.07, 6.45) is 1.96. The number of halogens is 1. The molecule has 1 amide bonds. The van der Waals surface area contributed by atoms with Crippen LogP contribution in [0.25, 0.3) is 0 Å². The van der Waals surface area contributed by atoms with Crippen LogP contribution < -0.4 is 4.74 Å². The molecule has 0 radical (unpaired) electrons. The smallest absolute Gasteiger partial charge is 0.243 e. The highest BCUT2D eigenvalue weighted by Crippen LogP contribution is 2.20. The SMILES string of the molecule is COc1cccc(Cn2cccc2CN(Cc2ccccc2)C(=O)CN(CC(C)C)S(=O)(=O)c2ccc(F)cc2)c1. The van der Waals surface area contributed by atoms with Crippen LogP contribution in [0.1, 0.15) is 30.7 Å². The van der Waals surface area contributed by atoms with Crippen molar-refractivity contribution in [3.63, 3.8) is 0 Å². The normalized spacial score (nSPS) is 11.7. The Morgan fingerprint density at radius 3 is 2.29 bits per heavy atom. The lowest BCUT2D eigenvalue weighted by atomic mass is 10.2. The van der Waals surface area contributed by atoms with E-state index in [0.29, 0.717) is 13.1 Å². The van der Waals surface area contributed by atoms with Gasteiger partial charge in [-0.2, -0.15) is 4.31 Å². The molecule has 9 heteroatoms. The quantitative estimate of drug-likeness (QED) is 0.209. The first-order chi connectivity index (χ1) is 19.7. The zero-order chi connectivity index (χ0) is 29.4. The van der Waals surface area contributed by atoms with Crippen molar-refractivity contribution < 1.29 is 22.3 Å². The summed E-state index contributed by atoms with van der Waals surface area (Å²) < 4.78 is 49.2. The summed E-state index contributed by atoms with van der Waals surface area (Å²) in [6, 6.07) is 26.0. The van der Waals surface area contributed by atoms with Gasteiger partial charge in [0.25, 0.3) is 0 Å². The molecule has 1 aromatic heterocycles. The lowest BCUT2D eigenvalue weighted by Gasteiger charge is -2.29. The second kappa shape index (κ2) is 13.6. The van der Waals surface area contributed by atoms with E-state index in [1.54, 1.807) is 12.0 Å². The van der Waals surface area contributed by atoms with Crippen LogP contribution in [0.3, 0.4) is 0 Å². The Morgan fingerprint density at radius 1 is 0.902 bits per heavy atom. The van der Waals surface area contributed by atoms with Gasteiger partial charge in [0.1, 0.15) is 11.6 Å². The van der Waals surface area contributed by atoms with E-state index in [1.807, 2.05) is 86.8 Å². The summed E-state index contributed by atoms with van der Waals surface area (Å²) in [5, 5.41) is 0. The number of ether oxygens (including phenoxy) is 1. The Kier molecular flexibility index (Phi) is 9.96. The molecule has 0 N–H and O–H groups in total. The van der Waals surface area contributed by atoms with Crippen LogP contribution in [-0.2, 0) is 34.5 Å². The van der Waals surface area contributed by atoms with Crippen molar-refractivity contribution in [2.24, 2.45) is 5.92 Å². The molecule has 0 saturated heterocycles. The molecule has 4 rings (SSSR count). The predicted octanol–water partition coefficient (Wildman–Crippen LogP) is 5.56. The highest BCUT2D eigenvalue weighted by atomic mass is 32.2. The van der Waals surface area contributed by atoms with E-state index in [4.69, 9.17) is 4.74 Å². The van der Waals surface area contributed by atoms with Gasteiger partial charge in [-0.3, -0.25) is 4.79 Å². The van der Waals surface area contributed by atoms with Gasteiger partial charge in [0, 0.05) is 31.5 Å². The zero-order valence-corrected chi connectivity index (χ0v) is 24.4. The number of nitrogens with zero attached hydrogens (tertiary/aromatic N) is 3. The maximum absolute atomic E-state index is 13.9. The van der Waals surface area contributed by atoms with E-state index < -0.39 is 15.8 Å². The number of methoxy groups -OCH3 is 1. The molecule has 216 valence electrons. The van der Waals surface area contributed by atoms with Crippen molar-refractivity contribution >= 4 is 15.9 Å². The highest BCUT2D eigenvalue weighted by Gasteiger charge is 2.29. The Labute approximate surface area is 241 Å². The van der Waals surface area contributed by atoms with Crippen molar-refractivity contribution in [1.82, 2.24) is 13.8 Å². The third-order valence-corrected chi connectivity index (χ3v) is 8.49. The second-order valence-electron chi connectivity index (χ2n) is 10.4. The molecular weight excluding hydrogens is 541 g/mol. The molecule has 0 bridgehead atoms. The predicted molar refractivity (Wildman–Crippen MR) is 157 cm³/mol. The lowest BCUT2D eigenvalue weighted by Crippen LogP contribution is -2.44. The molecule has 1 heterocycles. The number of aromatic nitrogens is 1. The minimum atomic E-state index is -4.03. The lowest BCUT2D eigenvalue weighted by molar-refractivity contribution is -0.132. The van der Waals surface area contributed by atoms with Crippen molar-refractivity contribution in [2.45, 2.75) is 38.4 Å². The van der Waals surface area contributed by atoms with Crippen LogP contribution in [0.4, 0.5) is 4.39 Å². The molecule has 0 atom stereocenters. The van der Waals surface area contributed by atoms with Crippen molar-refractivity contribution in [2.75, 3.05) is 20.2 Å². The fraction of sp³-hybridized carbons (Fsp3) is 0.281. The number of hydrogen-bond acceptors (Lipinski definition) is 4. The number of sulfonamides is 1. The molecule has 0 aliphatic heterocycles. The molecular formula is C32H36FN3O4S. The second-order valence-corrected chi connectivity index (χ2v) is 12.3. The molecule has 41 heavy (non-hydrogen) atoms. The van der Waals surface area contributed by atoms with Crippen molar-refractivity contribution in [1.29, 1.82) is 0 Å². The fourth-order valence-electron chi connectivity index (χ4n) is 4.61. The van der Waals surface area contributed by atoms with Gasteiger partial charge < -0.3 is 14.2 Å². The first kappa shape index (κ1) is 30.0. The molecule has 0 unspecified atom stereocenters. The third kappa shape index (κ3) is 8.05. The summed E-state index contributed by atoms with van der Waals surface area (Å²) in [7, 11) is -2.40. The number of amides is 1. The summed E-state index contributed by atoms with van der Waals surface area (Å²) in [5.74, 6) is -0.110. The summed E-state index contributed by atoms with van der Waals surface area (Å²) >= 11 is 0. The van der Waals surface area contributed by atoms with E-state index in [0.717, 1.165) is 34.7 Å². The molecule has 0 aliphatic carbocycles. The molecule has 0 saturated carbocycles. The first-order valence-corrected chi connectivity index (χ1v) is 14.9. The molecule has 0 fully saturated rings. The van der Waals surface area contributed by atoms with Gasteiger partial charge in [-0.15, -0.1) is 0 Å². The molecule has 0 spiro atoms. The average Bonchev–Trinajstić information content (AvgIpc) is 3.39. The van der Waals surface area contributed by atoms with Crippen LogP contribution >= 0.6 is 0 Å². The Bertz CT molecular complexity index is 1540. The van der Waals surface area contributed by atoms with Gasteiger partial charge in [0.05, 0.1) is 25.1 Å². The number of rotatable bonds is 13. The molecule has 0 aliphatic rings. The standard InChI is InChI=1S/C32H36FN3O4S/c1-25(2)20-36(41(38,39)31-16-14-28(33)15-17-31)24-32(37)35(21-26-9-5-4-6-10-26)23-29-12-8-18-34(29)22-27-11-7-13-30(19-27)40-3/h4-19,25H,20-24H2,1-3H3. The summed E-state index contributed by atoms with van der Waals surface area (Å²) in [5.41, 5.74) is 2.90. The van der Waals surface area contributed by atoms with E-state index in [-0.39, 0.29) is 36.4 Å². The van der Waals surface area contributed by atoms with Crippen LogP contribution in [-0.4, -0.2) is 48.3 Å². The van der Waals surface area contributed by atoms with Crippen LogP contribution in [0, 0.1) is 11.7 Å². The molecule has 3 aromatic carbocycles. The van der Waals surface area contributed by atoms with Gasteiger partial charge in [-0.05, 0) is 65.6 Å². The highest BCUT2D eigenvalue weighted by molar-refractivity contribution is 7.89. The van der Waals surface area contributed by atoms with Crippen molar-refractivity contribution in [3.05, 3.63) is 120 Å². The first-order valence-electron chi connectivity index (χ1n) is 13.5. The largest absolute Gasteiger partial charge is 0.497 e. The van der Waals surface area contributed by atoms with E-state index in [1.165, 1.54) is 16.4 Å². The Morgan fingerprint density at radius 2 is 1.61 bits per heavy atom. The number of carbonyl (C=O) groups is 1. The molecule has 4 aromatic rings. The van der Waals surface area contributed by atoms with E-state index >= 15 is 0 Å². The Balaban J connectivity index is 1.61. The zero-order valence-electron chi connectivity index (χ0n) is 23.6. The van der Waals surface area contributed by atoms with Crippen LogP contribution in [0.5, 0.6) is 5.75 Å². The van der Waals surface area contributed by atoms with Crippen LogP contribution in [0.2, 0.25) is 0 Å². The van der Waals surface area contributed by atoms with E-state index in [9.17, 15) is 17.6 Å². The maximum Gasteiger partial charge on any atom is 0.243 e. The maximum atomic E-state index is 13.9. The van der Waals surface area contributed by atoms with Gasteiger partial charge in [-0.1, -0.05) is 56.3 Å². The van der Waals surface area contributed by atoms with Crippen molar-refractivity contribution in [3.8, 4) is 5.75 Å². The van der Waals surface area contributed by atoms with Gasteiger partial charge in [0.15, 0.2) is 0 Å². The summed E-state index contributed by atoms with van der Waals surface area (Å²) in [4.78, 5) is 15.5.